The Balaban J connectivity index is 1.84. The Morgan fingerprint density at radius 3 is 3.00 bits per heavy atom. The smallest absolute Gasteiger partial charge is 0.243 e. The third-order valence-electron chi connectivity index (χ3n) is 2.98. The second kappa shape index (κ2) is 4.67. The van der Waals surface area contributed by atoms with Crippen molar-refractivity contribution in [2.75, 3.05) is 51.3 Å². The largest absolute Gasteiger partial charge is 0.368 e. The van der Waals surface area contributed by atoms with E-state index in [-0.39, 0.29) is 0 Å². The van der Waals surface area contributed by atoms with Crippen LogP contribution in [0.25, 0.3) is 0 Å². The average Bonchev–Trinajstić information content (AvgIpc) is 2.66. The van der Waals surface area contributed by atoms with Gasteiger partial charge in [0, 0.05) is 32.2 Å². The lowest BCUT2D eigenvalue weighted by Crippen LogP contribution is -2.52. The van der Waals surface area contributed by atoms with Crippen LogP contribution in [0.15, 0.2) is 0 Å². The van der Waals surface area contributed by atoms with Gasteiger partial charge in [0.25, 0.3) is 0 Å². The molecule has 1 unspecified atom stereocenters. The molecule has 2 rings (SSSR count). The molecule has 1 aromatic rings. The van der Waals surface area contributed by atoms with Crippen LogP contribution >= 0.6 is 0 Å². The molecule has 4 N–H and O–H groups in total. The van der Waals surface area contributed by atoms with Gasteiger partial charge < -0.3 is 16.0 Å². The molecule has 0 spiro atoms. The summed E-state index contributed by atoms with van der Waals surface area (Å²) in [4.78, 5) is 8.69. The number of piperazine rings is 1. The van der Waals surface area contributed by atoms with Gasteiger partial charge in [-0.25, -0.2) is 5.10 Å². The predicted octanol–water partition coefficient (Wildman–Crippen LogP) is -0.955. The number of hydrogen-bond acceptors (Lipinski definition) is 6. The summed E-state index contributed by atoms with van der Waals surface area (Å²) in [6, 6.07) is 0.485. The van der Waals surface area contributed by atoms with E-state index >= 15 is 0 Å². The summed E-state index contributed by atoms with van der Waals surface area (Å²) in [7, 11) is 4.29. The molecular formula is C9H19N7. The van der Waals surface area contributed by atoms with Crippen LogP contribution in [0.2, 0.25) is 0 Å². The molecule has 0 aliphatic carbocycles. The Hall–Kier alpha value is -1.34. The van der Waals surface area contributed by atoms with E-state index in [0.29, 0.717) is 17.9 Å². The summed E-state index contributed by atoms with van der Waals surface area (Å²) in [6.07, 6.45) is 0. The Bertz CT molecular complexity index is 336. The zero-order valence-corrected chi connectivity index (χ0v) is 9.77. The van der Waals surface area contributed by atoms with Crippen LogP contribution in [-0.4, -0.2) is 71.3 Å². The summed E-state index contributed by atoms with van der Waals surface area (Å²) >= 11 is 0. The molecule has 1 aliphatic rings. The molecule has 0 aromatic carbocycles. The highest BCUT2D eigenvalue weighted by Crippen LogP contribution is 2.07. The van der Waals surface area contributed by atoms with Gasteiger partial charge in [0.1, 0.15) is 0 Å². The fourth-order valence-electron chi connectivity index (χ4n) is 1.88. The minimum atomic E-state index is 0.344. The van der Waals surface area contributed by atoms with Gasteiger partial charge in [0.2, 0.25) is 11.9 Å². The Labute approximate surface area is 95.0 Å². The van der Waals surface area contributed by atoms with Gasteiger partial charge in [-0.3, -0.25) is 4.90 Å². The lowest BCUT2D eigenvalue weighted by atomic mass is 10.2. The van der Waals surface area contributed by atoms with Crippen molar-refractivity contribution in [3.05, 3.63) is 0 Å². The second-order valence-electron chi connectivity index (χ2n) is 4.32. The average molecular weight is 225 g/mol. The maximum atomic E-state index is 5.45. The number of nitrogens with one attached hydrogen (secondary N) is 2. The molecule has 1 saturated heterocycles. The monoisotopic (exact) mass is 225 g/mol. The third kappa shape index (κ3) is 2.61. The number of aromatic amines is 1. The Morgan fingerprint density at radius 1 is 1.50 bits per heavy atom. The van der Waals surface area contributed by atoms with Gasteiger partial charge in [0.15, 0.2) is 0 Å². The first-order chi connectivity index (χ1) is 7.65. The van der Waals surface area contributed by atoms with E-state index in [1.165, 1.54) is 0 Å². The highest BCUT2D eigenvalue weighted by molar-refractivity contribution is 5.29. The zero-order valence-electron chi connectivity index (χ0n) is 9.77. The molecule has 1 fully saturated rings. The van der Waals surface area contributed by atoms with Gasteiger partial charge in [-0.2, -0.15) is 4.98 Å². The first kappa shape index (κ1) is 11.2. The van der Waals surface area contributed by atoms with E-state index in [1.807, 2.05) is 0 Å². The fourth-order valence-corrected chi connectivity index (χ4v) is 1.88. The zero-order chi connectivity index (χ0) is 11.5. The number of aromatic nitrogens is 3. The van der Waals surface area contributed by atoms with Crippen molar-refractivity contribution in [3.63, 3.8) is 0 Å². The summed E-state index contributed by atoms with van der Waals surface area (Å²) < 4.78 is 0. The van der Waals surface area contributed by atoms with Crippen LogP contribution in [0.5, 0.6) is 0 Å². The molecule has 0 amide bonds. The van der Waals surface area contributed by atoms with E-state index in [9.17, 15) is 0 Å². The summed E-state index contributed by atoms with van der Waals surface area (Å²) in [5.41, 5.74) is 5.45. The predicted molar refractivity (Wildman–Crippen MR) is 63.2 cm³/mol. The molecule has 2 heterocycles. The summed E-state index contributed by atoms with van der Waals surface area (Å²) in [6.45, 7) is 4.11. The number of nitrogens with zero attached hydrogens (tertiary/aromatic N) is 4. The molecule has 1 aliphatic heterocycles. The molecule has 0 bridgehead atoms. The van der Waals surface area contributed by atoms with E-state index in [0.717, 1.165) is 26.2 Å². The number of H-pyrrole nitrogens is 1. The number of hydrogen-bond donors (Lipinski definition) is 3. The first-order valence-corrected chi connectivity index (χ1v) is 5.45. The molecule has 16 heavy (non-hydrogen) atoms. The Kier molecular flexibility index (Phi) is 3.25. The highest BCUT2D eigenvalue weighted by Gasteiger charge is 2.21. The summed E-state index contributed by atoms with van der Waals surface area (Å²) in [5, 5.41) is 9.73. The van der Waals surface area contributed by atoms with Crippen LogP contribution in [-0.2, 0) is 0 Å². The van der Waals surface area contributed by atoms with Crippen LogP contribution in [0.3, 0.4) is 0 Å². The lowest BCUT2D eigenvalue weighted by Gasteiger charge is -2.37. The standard InChI is InChI=1S/C9H19N7/c1-15-3-4-16(2)7(6-15)5-11-9-12-8(10)13-14-9/h7H,3-6H2,1-2H3,(H4,10,11,12,13,14). The minimum absolute atomic E-state index is 0.344. The number of nitrogen functional groups attached to an aromatic ring is 1. The van der Waals surface area contributed by atoms with Gasteiger partial charge in [0.05, 0.1) is 0 Å². The van der Waals surface area contributed by atoms with Gasteiger partial charge in [-0.15, -0.1) is 5.10 Å². The van der Waals surface area contributed by atoms with Crippen molar-refractivity contribution in [1.82, 2.24) is 25.0 Å². The molecule has 1 aromatic heterocycles. The van der Waals surface area contributed by atoms with Crippen LogP contribution in [0, 0.1) is 0 Å². The van der Waals surface area contributed by atoms with E-state index in [2.05, 4.69) is 44.4 Å². The van der Waals surface area contributed by atoms with Crippen LogP contribution in [0.1, 0.15) is 0 Å². The molecule has 7 nitrogen and oxygen atoms in total. The van der Waals surface area contributed by atoms with Crippen molar-refractivity contribution in [2.24, 2.45) is 0 Å². The third-order valence-corrected chi connectivity index (χ3v) is 2.98. The Morgan fingerprint density at radius 2 is 2.31 bits per heavy atom. The minimum Gasteiger partial charge on any atom is -0.368 e. The molecule has 0 radical (unpaired) electrons. The maximum Gasteiger partial charge on any atom is 0.243 e. The molecule has 90 valence electrons. The van der Waals surface area contributed by atoms with Crippen molar-refractivity contribution >= 4 is 11.9 Å². The maximum absolute atomic E-state index is 5.45. The second-order valence-corrected chi connectivity index (χ2v) is 4.32. The number of anilines is 2. The number of likely N-dealkylation sites (N-methyl/N-ethyl adjacent to an activating group) is 2. The summed E-state index contributed by atoms with van der Waals surface area (Å²) in [5.74, 6) is 0.913. The molecule has 7 heteroatoms. The fraction of sp³-hybridized carbons (Fsp3) is 0.778. The quantitative estimate of drug-likeness (QED) is 0.614. The van der Waals surface area contributed by atoms with Crippen molar-refractivity contribution in [1.29, 1.82) is 0 Å². The van der Waals surface area contributed by atoms with Gasteiger partial charge >= 0.3 is 0 Å². The number of nitrogens with two attached hydrogens (primary N) is 1. The molecule has 1 atom stereocenters. The SMILES string of the molecule is CN1CCN(C)C(CNc2n[nH]c(N)n2)C1. The van der Waals surface area contributed by atoms with Gasteiger partial charge in [-0.05, 0) is 14.1 Å². The van der Waals surface area contributed by atoms with E-state index in [1.54, 1.807) is 0 Å². The molecular weight excluding hydrogens is 206 g/mol. The first-order valence-electron chi connectivity index (χ1n) is 5.45. The van der Waals surface area contributed by atoms with Crippen molar-refractivity contribution in [2.45, 2.75) is 6.04 Å². The molecule has 0 saturated carbocycles. The van der Waals surface area contributed by atoms with Crippen LogP contribution in [0.4, 0.5) is 11.9 Å². The lowest BCUT2D eigenvalue weighted by molar-refractivity contribution is 0.121. The normalized spacial score (nSPS) is 23.5. The number of rotatable bonds is 3. The van der Waals surface area contributed by atoms with E-state index < -0.39 is 0 Å². The van der Waals surface area contributed by atoms with Crippen molar-refractivity contribution < 1.29 is 0 Å². The van der Waals surface area contributed by atoms with Crippen molar-refractivity contribution in [3.8, 4) is 0 Å². The highest BCUT2D eigenvalue weighted by atomic mass is 15.3. The van der Waals surface area contributed by atoms with Crippen LogP contribution < -0.4 is 11.1 Å². The van der Waals surface area contributed by atoms with Gasteiger partial charge in [-0.1, -0.05) is 0 Å². The topological polar surface area (TPSA) is 86.1 Å². The van der Waals surface area contributed by atoms with E-state index in [4.69, 9.17) is 5.73 Å².